The molecule has 21 heavy (non-hydrogen) atoms. The molecule has 1 aliphatic rings. The molecule has 3 nitrogen and oxygen atoms in total. The first-order chi connectivity index (χ1) is 10.0. The van der Waals surface area contributed by atoms with Gasteiger partial charge in [0.05, 0.1) is 11.3 Å². The predicted molar refractivity (Wildman–Crippen MR) is 78.4 cm³/mol. The Bertz CT molecular complexity index is 709. The van der Waals surface area contributed by atoms with E-state index in [1.807, 2.05) is 0 Å². The summed E-state index contributed by atoms with van der Waals surface area (Å²) in [5, 5.41) is 2.99. The van der Waals surface area contributed by atoms with E-state index in [2.05, 4.69) is 15.3 Å². The number of nitrogens with one attached hydrogen (secondary N) is 1. The minimum atomic E-state index is -0.594. The van der Waals surface area contributed by atoms with Crippen molar-refractivity contribution in [2.75, 3.05) is 12.4 Å². The second kappa shape index (κ2) is 5.06. The molecule has 1 heterocycles. The van der Waals surface area contributed by atoms with Crippen molar-refractivity contribution in [3.8, 4) is 11.3 Å². The number of benzene rings is 1. The smallest absolute Gasteiger partial charge is 0.138 e. The van der Waals surface area contributed by atoms with Gasteiger partial charge in [-0.05, 0) is 38.3 Å². The summed E-state index contributed by atoms with van der Waals surface area (Å²) in [5.41, 5.74) is 1.34. The lowest BCUT2D eigenvalue weighted by Gasteiger charge is -2.14. The minimum Gasteiger partial charge on any atom is -0.373 e. The van der Waals surface area contributed by atoms with Crippen molar-refractivity contribution in [1.82, 2.24) is 9.97 Å². The van der Waals surface area contributed by atoms with E-state index in [1.165, 1.54) is 12.1 Å². The second-order valence-corrected chi connectivity index (χ2v) is 5.48. The molecule has 0 radical (unpaired) electrons. The zero-order valence-corrected chi connectivity index (χ0v) is 12.3. The van der Waals surface area contributed by atoms with Gasteiger partial charge in [0.2, 0.25) is 0 Å². The molecule has 3 rings (SSSR count). The van der Waals surface area contributed by atoms with Gasteiger partial charge in [-0.25, -0.2) is 18.7 Å². The molecule has 1 aromatic heterocycles. The number of aromatic nitrogens is 2. The molecule has 0 saturated heterocycles. The van der Waals surface area contributed by atoms with Gasteiger partial charge in [0.25, 0.3) is 0 Å². The lowest BCUT2D eigenvalue weighted by Crippen LogP contribution is -2.06. The molecule has 1 aromatic carbocycles. The molecule has 1 N–H and O–H groups in total. The van der Waals surface area contributed by atoms with Crippen molar-refractivity contribution in [1.29, 1.82) is 0 Å². The number of nitrogens with zero attached hydrogens (tertiary/aromatic N) is 2. The van der Waals surface area contributed by atoms with Gasteiger partial charge in [-0.1, -0.05) is 6.07 Å². The van der Waals surface area contributed by atoms with Crippen LogP contribution in [0, 0.1) is 25.5 Å². The summed E-state index contributed by atoms with van der Waals surface area (Å²) in [6.45, 7) is 3.40. The van der Waals surface area contributed by atoms with Gasteiger partial charge in [-0.3, -0.25) is 0 Å². The lowest BCUT2D eigenvalue weighted by atomic mass is 10.0. The summed E-state index contributed by atoms with van der Waals surface area (Å²) < 4.78 is 28.6. The fourth-order valence-corrected chi connectivity index (χ4v) is 2.42. The lowest BCUT2D eigenvalue weighted by molar-refractivity contribution is 0.582. The molecule has 0 bridgehead atoms. The Morgan fingerprint density at radius 3 is 2.48 bits per heavy atom. The van der Waals surface area contributed by atoms with Gasteiger partial charge in [0.1, 0.15) is 23.3 Å². The molecule has 0 aliphatic heterocycles. The van der Waals surface area contributed by atoms with E-state index in [-0.39, 0.29) is 5.56 Å². The van der Waals surface area contributed by atoms with Crippen LogP contribution in [0.5, 0.6) is 0 Å². The van der Waals surface area contributed by atoms with Gasteiger partial charge in [-0.2, -0.15) is 0 Å². The Hall–Kier alpha value is -2.04. The average Bonchev–Trinajstić information content (AvgIpc) is 3.29. The molecule has 110 valence electrons. The van der Waals surface area contributed by atoms with Crippen molar-refractivity contribution in [2.24, 2.45) is 0 Å². The van der Waals surface area contributed by atoms with E-state index >= 15 is 0 Å². The molecule has 1 saturated carbocycles. The first-order valence-electron chi connectivity index (χ1n) is 7.04. The van der Waals surface area contributed by atoms with Crippen LogP contribution in [0.3, 0.4) is 0 Å². The third-order valence-electron chi connectivity index (χ3n) is 3.86. The molecule has 0 unspecified atom stereocenters. The van der Waals surface area contributed by atoms with Gasteiger partial charge in [-0.15, -0.1) is 0 Å². The average molecular weight is 289 g/mol. The first kappa shape index (κ1) is 13.9. The first-order valence-corrected chi connectivity index (χ1v) is 7.04. The maximum absolute atomic E-state index is 14.4. The van der Waals surface area contributed by atoms with Crippen LogP contribution in [0.25, 0.3) is 11.3 Å². The maximum atomic E-state index is 14.4. The Kier molecular flexibility index (Phi) is 3.35. The summed E-state index contributed by atoms with van der Waals surface area (Å²) in [6.07, 6.45) is 2.06. The largest absolute Gasteiger partial charge is 0.373 e. The highest BCUT2D eigenvalue weighted by atomic mass is 19.1. The Morgan fingerprint density at radius 1 is 1.14 bits per heavy atom. The quantitative estimate of drug-likeness (QED) is 0.929. The zero-order chi connectivity index (χ0) is 15.1. The van der Waals surface area contributed by atoms with E-state index in [0.717, 1.165) is 12.8 Å². The molecule has 1 aliphatic carbocycles. The fourth-order valence-electron chi connectivity index (χ4n) is 2.42. The van der Waals surface area contributed by atoms with Crippen LogP contribution in [-0.4, -0.2) is 17.0 Å². The Labute approximate surface area is 122 Å². The summed E-state index contributed by atoms with van der Waals surface area (Å²) in [5.74, 6) is 0.458. The minimum absolute atomic E-state index is 0.0618. The standard InChI is InChI=1S/C16H17F2N3/c1-8-4-7-11(17)12(13(8)18)14-9(2)15(19-3)21-16(20-14)10-5-6-10/h4,7,10H,5-6H2,1-3H3,(H,19,20,21). The van der Waals surface area contributed by atoms with Crippen LogP contribution in [0.15, 0.2) is 12.1 Å². The van der Waals surface area contributed by atoms with Gasteiger partial charge in [0.15, 0.2) is 0 Å². The van der Waals surface area contributed by atoms with E-state index in [1.54, 1.807) is 20.9 Å². The molecule has 0 amide bonds. The third-order valence-corrected chi connectivity index (χ3v) is 3.86. The van der Waals surface area contributed by atoms with Gasteiger partial charge >= 0.3 is 0 Å². The van der Waals surface area contributed by atoms with Crippen LogP contribution < -0.4 is 5.32 Å². The normalized spacial score (nSPS) is 14.3. The molecule has 0 spiro atoms. The second-order valence-electron chi connectivity index (χ2n) is 5.48. The van der Waals surface area contributed by atoms with Crippen LogP contribution >= 0.6 is 0 Å². The summed E-state index contributed by atoms with van der Waals surface area (Å²) in [7, 11) is 1.75. The monoisotopic (exact) mass is 289 g/mol. The molecule has 1 fully saturated rings. The summed E-state index contributed by atoms with van der Waals surface area (Å²) >= 11 is 0. The highest BCUT2D eigenvalue weighted by Crippen LogP contribution is 2.40. The van der Waals surface area contributed by atoms with Crippen LogP contribution in [-0.2, 0) is 0 Å². The van der Waals surface area contributed by atoms with Crippen molar-refractivity contribution >= 4 is 5.82 Å². The maximum Gasteiger partial charge on any atom is 0.138 e. The number of hydrogen-bond donors (Lipinski definition) is 1. The van der Waals surface area contributed by atoms with Gasteiger partial charge in [0, 0.05) is 18.5 Å². The van der Waals surface area contributed by atoms with Gasteiger partial charge < -0.3 is 5.32 Å². The predicted octanol–water partition coefficient (Wildman–Crippen LogP) is 3.96. The van der Waals surface area contributed by atoms with E-state index < -0.39 is 11.6 Å². The fraction of sp³-hybridized carbons (Fsp3) is 0.375. The topological polar surface area (TPSA) is 37.8 Å². The number of rotatable bonds is 3. The summed E-state index contributed by atoms with van der Waals surface area (Å²) in [4.78, 5) is 8.90. The summed E-state index contributed by atoms with van der Waals surface area (Å²) in [6, 6.07) is 2.72. The highest BCUT2D eigenvalue weighted by molar-refractivity contribution is 5.70. The zero-order valence-electron chi connectivity index (χ0n) is 12.3. The van der Waals surface area contributed by atoms with E-state index in [9.17, 15) is 8.78 Å². The van der Waals surface area contributed by atoms with Crippen molar-refractivity contribution in [2.45, 2.75) is 32.6 Å². The van der Waals surface area contributed by atoms with E-state index in [0.29, 0.717) is 34.4 Å². The molecule has 2 aromatic rings. The number of anilines is 1. The number of halogens is 2. The Balaban J connectivity index is 2.27. The number of aryl methyl sites for hydroxylation is 1. The van der Waals surface area contributed by atoms with Crippen LogP contribution in [0.4, 0.5) is 14.6 Å². The third kappa shape index (κ3) is 2.37. The van der Waals surface area contributed by atoms with Crippen LogP contribution in [0.1, 0.15) is 35.7 Å². The van der Waals surface area contributed by atoms with Crippen LogP contribution in [0.2, 0.25) is 0 Å². The Morgan fingerprint density at radius 2 is 1.86 bits per heavy atom. The number of hydrogen-bond acceptors (Lipinski definition) is 3. The highest BCUT2D eigenvalue weighted by Gasteiger charge is 2.29. The molecule has 0 atom stereocenters. The molecular formula is C16H17F2N3. The van der Waals surface area contributed by atoms with E-state index in [4.69, 9.17) is 0 Å². The van der Waals surface area contributed by atoms with Crippen molar-refractivity contribution in [3.05, 3.63) is 40.7 Å². The molecular weight excluding hydrogens is 272 g/mol. The van der Waals surface area contributed by atoms with Crippen molar-refractivity contribution < 1.29 is 8.78 Å². The SMILES string of the molecule is CNc1nc(C2CC2)nc(-c2c(F)ccc(C)c2F)c1C. The molecule has 5 heteroatoms. The van der Waals surface area contributed by atoms with Crippen molar-refractivity contribution in [3.63, 3.8) is 0 Å².